The number of carbonyl (C=O) groups is 2. The average molecular weight is 484 g/mol. The summed E-state index contributed by atoms with van der Waals surface area (Å²) in [6, 6.07) is 24.7. The molecule has 1 fully saturated rings. The maximum absolute atomic E-state index is 13.6. The molecule has 5 rings (SSSR count). The number of hydrogen-bond acceptors (Lipinski definition) is 5. The molecule has 1 aliphatic rings. The smallest absolute Gasteiger partial charge is 0.291 e. The van der Waals surface area contributed by atoms with E-state index in [0.29, 0.717) is 47.7 Å². The zero-order valence-corrected chi connectivity index (χ0v) is 20.3. The van der Waals surface area contributed by atoms with E-state index in [1.165, 1.54) is 5.56 Å². The topological polar surface area (TPSA) is 75.0 Å². The number of anilines is 1. The Bertz CT molecular complexity index is 1360. The van der Waals surface area contributed by atoms with Gasteiger partial charge in [-0.25, -0.2) is 0 Å². The third-order valence-electron chi connectivity index (χ3n) is 6.37. The van der Waals surface area contributed by atoms with Gasteiger partial charge in [0.2, 0.25) is 5.76 Å². The minimum absolute atomic E-state index is 0.148. The largest absolute Gasteiger partial charge is 0.493 e. The van der Waals surface area contributed by atoms with Crippen LogP contribution in [0, 0.1) is 0 Å². The quantitative estimate of drug-likeness (QED) is 0.399. The van der Waals surface area contributed by atoms with Gasteiger partial charge in [0.05, 0.1) is 12.2 Å². The van der Waals surface area contributed by atoms with Crippen molar-refractivity contribution in [3.63, 3.8) is 0 Å². The van der Waals surface area contributed by atoms with Crippen LogP contribution in [-0.2, 0) is 6.54 Å². The van der Waals surface area contributed by atoms with Gasteiger partial charge in [-0.1, -0.05) is 54.6 Å². The third kappa shape index (κ3) is 4.97. The first kappa shape index (κ1) is 23.6. The molecule has 2 heterocycles. The summed E-state index contributed by atoms with van der Waals surface area (Å²) >= 11 is 0. The van der Waals surface area contributed by atoms with E-state index in [9.17, 15) is 9.59 Å². The van der Waals surface area contributed by atoms with Crippen LogP contribution in [0.1, 0.15) is 33.4 Å². The summed E-state index contributed by atoms with van der Waals surface area (Å²) in [7, 11) is 0. The maximum Gasteiger partial charge on any atom is 0.291 e. The Kier molecular flexibility index (Phi) is 7.00. The zero-order chi connectivity index (χ0) is 24.9. The van der Waals surface area contributed by atoms with Crippen molar-refractivity contribution in [3.8, 4) is 5.75 Å². The van der Waals surface area contributed by atoms with Gasteiger partial charge in [-0.15, -0.1) is 0 Å². The lowest BCUT2D eigenvalue weighted by Gasteiger charge is -2.34. The van der Waals surface area contributed by atoms with E-state index in [2.05, 4.69) is 22.3 Å². The van der Waals surface area contributed by atoms with Gasteiger partial charge < -0.3 is 19.4 Å². The first-order chi connectivity index (χ1) is 17.6. The number of carbonyl (C=O) groups excluding carboxylic acids is 2. The van der Waals surface area contributed by atoms with E-state index >= 15 is 0 Å². The molecule has 7 heteroatoms. The minimum Gasteiger partial charge on any atom is -0.493 e. The Labute approximate surface area is 210 Å². The van der Waals surface area contributed by atoms with Crippen molar-refractivity contribution >= 4 is 28.5 Å². The molecule has 7 nitrogen and oxygen atoms in total. The highest BCUT2D eigenvalue weighted by Gasteiger charge is 2.29. The fourth-order valence-electron chi connectivity index (χ4n) is 4.53. The lowest BCUT2D eigenvalue weighted by atomic mass is 10.1. The molecule has 0 atom stereocenters. The number of nitrogens with one attached hydrogen (secondary N) is 1. The number of para-hydroxylation sites is 2. The second-order valence-corrected chi connectivity index (χ2v) is 8.74. The van der Waals surface area contributed by atoms with Gasteiger partial charge in [0.15, 0.2) is 0 Å². The monoisotopic (exact) mass is 483 g/mol. The van der Waals surface area contributed by atoms with Gasteiger partial charge in [-0.2, -0.15) is 0 Å². The summed E-state index contributed by atoms with van der Waals surface area (Å²) in [6.07, 6.45) is 0. The molecule has 1 aromatic heterocycles. The predicted octanol–water partition coefficient (Wildman–Crippen LogP) is 5.04. The van der Waals surface area contributed by atoms with Crippen LogP contribution in [0.4, 0.5) is 5.69 Å². The van der Waals surface area contributed by atoms with Crippen LogP contribution in [0.5, 0.6) is 5.75 Å². The third-order valence-corrected chi connectivity index (χ3v) is 6.37. The fraction of sp³-hybridized carbons (Fsp3) is 0.241. The first-order valence-corrected chi connectivity index (χ1v) is 12.2. The van der Waals surface area contributed by atoms with Crippen molar-refractivity contribution in [3.05, 3.63) is 95.7 Å². The van der Waals surface area contributed by atoms with Gasteiger partial charge in [0.25, 0.3) is 11.8 Å². The van der Waals surface area contributed by atoms with E-state index < -0.39 is 0 Å². The van der Waals surface area contributed by atoms with Gasteiger partial charge >= 0.3 is 0 Å². The Morgan fingerprint density at radius 2 is 1.58 bits per heavy atom. The molecule has 0 spiro atoms. The van der Waals surface area contributed by atoms with Crippen LogP contribution < -0.4 is 10.1 Å². The summed E-state index contributed by atoms with van der Waals surface area (Å²) < 4.78 is 11.6. The van der Waals surface area contributed by atoms with Gasteiger partial charge in [-0.3, -0.25) is 14.5 Å². The van der Waals surface area contributed by atoms with Crippen molar-refractivity contribution in [2.45, 2.75) is 13.5 Å². The summed E-state index contributed by atoms with van der Waals surface area (Å²) in [4.78, 5) is 31.0. The molecular weight excluding hydrogens is 454 g/mol. The van der Waals surface area contributed by atoms with Gasteiger partial charge in [0.1, 0.15) is 17.0 Å². The molecule has 1 aliphatic heterocycles. The van der Waals surface area contributed by atoms with Crippen molar-refractivity contribution < 1.29 is 18.7 Å². The number of fused-ring (bicyclic) bond motifs is 1. The van der Waals surface area contributed by atoms with Crippen molar-refractivity contribution in [1.82, 2.24) is 9.80 Å². The normalized spacial score (nSPS) is 14.1. The highest BCUT2D eigenvalue weighted by atomic mass is 16.5. The minimum atomic E-state index is -0.354. The SMILES string of the molecule is CCOc1ccccc1C(=O)Nc1c(C(=O)N2CCN(Cc3ccccc3)CC2)oc2ccccc12. The number of ether oxygens (including phenoxy) is 1. The molecule has 2 amide bonds. The fourth-order valence-corrected chi connectivity index (χ4v) is 4.53. The second kappa shape index (κ2) is 10.7. The van der Waals surface area contributed by atoms with Crippen molar-refractivity contribution in [1.29, 1.82) is 0 Å². The Hall–Kier alpha value is -4.10. The molecule has 0 aliphatic carbocycles. The molecule has 1 N–H and O–H groups in total. The molecule has 3 aromatic carbocycles. The van der Waals surface area contributed by atoms with Crippen molar-refractivity contribution in [2.24, 2.45) is 0 Å². The number of furan rings is 1. The second-order valence-electron chi connectivity index (χ2n) is 8.74. The molecular formula is C29H29N3O4. The number of nitrogens with zero attached hydrogens (tertiary/aromatic N) is 2. The molecule has 0 saturated carbocycles. The van der Waals surface area contributed by atoms with E-state index in [-0.39, 0.29) is 17.6 Å². The number of amides is 2. The van der Waals surface area contributed by atoms with E-state index in [1.54, 1.807) is 29.2 Å². The molecule has 0 bridgehead atoms. The van der Waals surface area contributed by atoms with E-state index in [0.717, 1.165) is 19.6 Å². The van der Waals surface area contributed by atoms with Gasteiger partial charge in [-0.05, 0) is 36.8 Å². The molecule has 184 valence electrons. The predicted molar refractivity (Wildman–Crippen MR) is 139 cm³/mol. The lowest BCUT2D eigenvalue weighted by Crippen LogP contribution is -2.48. The highest BCUT2D eigenvalue weighted by Crippen LogP contribution is 2.33. The molecule has 36 heavy (non-hydrogen) atoms. The van der Waals surface area contributed by atoms with Crippen LogP contribution in [0.3, 0.4) is 0 Å². The van der Waals surface area contributed by atoms with Crippen LogP contribution in [0.15, 0.2) is 83.3 Å². The van der Waals surface area contributed by atoms with Crippen LogP contribution >= 0.6 is 0 Å². The molecule has 1 saturated heterocycles. The highest BCUT2D eigenvalue weighted by molar-refractivity contribution is 6.15. The van der Waals surface area contributed by atoms with Crippen molar-refractivity contribution in [2.75, 3.05) is 38.1 Å². The number of benzene rings is 3. The maximum atomic E-state index is 13.6. The van der Waals surface area contributed by atoms with Crippen LogP contribution in [0.2, 0.25) is 0 Å². The number of piperazine rings is 1. The summed E-state index contributed by atoms with van der Waals surface area (Å²) in [5.74, 6) is 0.0638. The summed E-state index contributed by atoms with van der Waals surface area (Å²) in [5.41, 5.74) is 2.60. The van der Waals surface area contributed by atoms with E-state index in [1.807, 2.05) is 49.4 Å². The number of rotatable bonds is 7. The zero-order valence-electron chi connectivity index (χ0n) is 20.3. The summed E-state index contributed by atoms with van der Waals surface area (Å²) in [6.45, 7) is 5.88. The molecule has 0 unspecified atom stereocenters. The average Bonchev–Trinajstić information content (AvgIpc) is 3.28. The Morgan fingerprint density at radius 3 is 2.36 bits per heavy atom. The van der Waals surface area contributed by atoms with Crippen LogP contribution in [0.25, 0.3) is 11.0 Å². The molecule has 0 radical (unpaired) electrons. The molecule has 4 aromatic rings. The Balaban J connectivity index is 1.36. The standard InChI is InChI=1S/C29H29N3O4/c1-2-35-24-14-8-7-13-23(24)28(33)30-26-22-12-6-9-15-25(22)36-27(26)29(34)32-18-16-31(17-19-32)20-21-10-4-3-5-11-21/h3-15H,2,16-20H2,1H3,(H,30,33). The lowest BCUT2D eigenvalue weighted by molar-refractivity contribution is 0.0601. The van der Waals surface area contributed by atoms with Gasteiger partial charge in [0, 0.05) is 38.1 Å². The van der Waals surface area contributed by atoms with Crippen LogP contribution in [-0.4, -0.2) is 54.4 Å². The summed E-state index contributed by atoms with van der Waals surface area (Å²) in [5, 5.41) is 3.63. The number of hydrogen-bond donors (Lipinski definition) is 1. The van der Waals surface area contributed by atoms with E-state index in [4.69, 9.17) is 9.15 Å². The Morgan fingerprint density at radius 1 is 0.889 bits per heavy atom. The first-order valence-electron chi connectivity index (χ1n) is 12.2.